The molecule has 35 heavy (non-hydrogen) atoms. The summed E-state index contributed by atoms with van der Waals surface area (Å²) in [6, 6.07) is 7.80. The molecule has 1 aromatic heterocycles. The van der Waals surface area contributed by atoms with E-state index in [2.05, 4.69) is 15.4 Å². The second kappa shape index (κ2) is 10.6. The van der Waals surface area contributed by atoms with Crippen LogP contribution in [-0.4, -0.2) is 41.9 Å². The van der Waals surface area contributed by atoms with E-state index in [0.717, 1.165) is 29.1 Å². The van der Waals surface area contributed by atoms with E-state index in [1.165, 1.54) is 43.5 Å². The molecule has 3 rings (SSSR count). The average molecular weight is 518 g/mol. The van der Waals surface area contributed by atoms with Crippen LogP contribution in [0.25, 0.3) is 12.2 Å². The maximum atomic E-state index is 12.9. The maximum Gasteiger partial charge on any atom is 0.288 e. The number of hydrogen-bond acceptors (Lipinski definition) is 9. The van der Waals surface area contributed by atoms with Gasteiger partial charge in [-0.3, -0.25) is 29.8 Å². The average Bonchev–Trinajstić information content (AvgIpc) is 3.23. The van der Waals surface area contributed by atoms with Gasteiger partial charge in [-0.15, -0.1) is 5.10 Å². The van der Waals surface area contributed by atoms with Crippen molar-refractivity contribution in [1.29, 1.82) is 0 Å². The third-order valence-electron chi connectivity index (χ3n) is 4.31. The highest BCUT2D eigenvalue weighted by Gasteiger charge is 2.24. The molecule has 0 atom stereocenters. The van der Waals surface area contributed by atoms with Crippen LogP contribution in [0.3, 0.4) is 0 Å². The van der Waals surface area contributed by atoms with Gasteiger partial charge in [0.1, 0.15) is 10.0 Å². The van der Waals surface area contributed by atoms with Crippen molar-refractivity contribution in [3.63, 3.8) is 0 Å². The van der Waals surface area contributed by atoms with Crippen LogP contribution in [0.5, 0.6) is 0 Å². The van der Waals surface area contributed by atoms with Crippen LogP contribution in [0.4, 0.5) is 17.3 Å². The Bertz CT molecular complexity index is 1320. The van der Waals surface area contributed by atoms with E-state index in [1.807, 2.05) is 0 Å². The van der Waals surface area contributed by atoms with Crippen molar-refractivity contribution in [2.75, 3.05) is 4.90 Å². The number of nitro groups is 2. The topological polar surface area (TPSA) is 167 Å². The van der Waals surface area contributed by atoms with Crippen LogP contribution in [0, 0.1) is 20.2 Å². The Kier molecular flexibility index (Phi) is 7.63. The van der Waals surface area contributed by atoms with Crippen LogP contribution in [-0.2, 0) is 16.6 Å². The van der Waals surface area contributed by atoms with Crippen LogP contribution in [0.15, 0.2) is 48.6 Å². The second-order valence-electron chi connectivity index (χ2n) is 6.69. The predicted molar refractivity (Wildman–Crippen MR) is 126 cm³/mol. The smallest absolute Gasteiger partial charge is 0.269 e. The molecule has 3 aromatic rings. The molecule has 0 saturated carbocycles. The SMILES string of the molecule is Cn1nnc(N(C(=O)/C=C/c2ccc(Cl)c([N+](=O)[O-])c2)C(=O)/C=C/c2ccc(Cl)c([N+](=O)[O-])c2)n1. The largest absolute Gasteiger partial charge is 0.288 e. The highest BCUT2D eigenvalue weighted by atomic mass is 35.5. The van der Waals surface area contributed by atoms with E-state index in [9.17, 15) is 29.8 Å². The van der Waals surface area contributed by atoms with Gasteiger partial charge in [-0.2, -0.15) is 4.80 Å². The molecule has 2 amide bonds. The van der Waals surface area contributed by atoms with Crippen molar-refractivity contribution in [3.05, 3.63) is 90.0 Å². The van der Waals surface area contributed by atoms with Gasteiger partial charge in [-0.25, -0.2) is 4.90 Å². The van der Waals surface area contributed by atoms with Gasteiger partial charge in [0.05, 0.1) is 16.9 Å². The number of tetrazole rings is 1. The molecule has 1 heterocycles. The zero-order valence-electron chi connectivity index (χ0n) is 17.6. The molecule has 0 saturated heterocycles. The molecule has 0 radical (unpaired) electrons. The minimum absolute atomic E-state index is 0.0772. The molecule has 0 aliphatic carbocycles. The summed E-state index contributed by atoms with van der Waals surface area (Å²) >= 11 is 11.6. The third kappa shape index (κ3) is 6.10. The van der Waals surface area contributed by atoms with Gasteiger partial charge < -0.3 is 0 Å². The van der Waals surface area contributed by atoms with Crippen molar-refractivity contribution >= 4 is 64.5 Å². The molecule has 0 bridgehead atoms. The number of nitro benzene ring substituents is 2. The second-order valence-corrected chi connectivity index (χ2v) is 7.51. The van der Waals surface area contributed by atoms with Crippen LogP contribution < -0.4 is 4.90 Å². The number of rotatable bonds is 7. The molecule has 0 unspecified atom stereocenters. The van der Waals surface area contributed by atoms with E-state index in [4.69, 9.17) is 23.2 Å². The van der Waals surface area contributed by atoms with Gasteiger partial charge in [0.25, 0.3) is 29.1 Å². The summed E-state index contributed by atoms with van der Waals surface area (Å²) in [5.74, 6) is -2.10. The number of benzene rings is 2. The quantitative estimate of drug-likeness (QED) is 0.258. The fourth-order valence-corrected chi connectivity index (χ4v) is 3.07. The summed E-state index contributed by atoms with van der Waals surface area (Å²) < 4.78 is 0. The van der Waals surface area contributed by atoms with E-state index in [-0.39, 0.29) is 38.5 Å². The monoisotopic (exact) mass is 517 g/mol. The Morgan fingerprint density at radius 3 is 1.74 bits per heavy atom. The van der Waals surface area contributed by atoms with Crippen molar-refractivity contribution < 1.29 is 19.4 Å². The van der Waals surface area contributed by atoms with Gasteiger partial charge >= 0.3 is 0 Å². The standard InChI is InChI=1S/C20H13Cl2N7O6/c1-26-24-20(23-25-26)27(18(30)8-4-12-2-6-14(21)16(10-12)28(32)33)19(31)9-5-13-3-7-15(22)17(11-13)29(34)35/h2-11H,1H3/b8-4+,9-5+. The van der Waals surface area contributed by atoms with Gasteiger partial charge in [0.2, 0.25) is 0 Å². The number of amides is 2. The van der Waals surface area contributed by atoms with Crippen LogP contribution >= 0.6 is 23.2 Å². The number of aryl methyl sites for hydroxylation is 1. The first-order valence-corrected chi connectivity index (χ1v) is 10.2. The Morgan fingerprint density at radius 2 is 1.37 bits per heavy atom. The van der Waals surface area contributed by atoms with E-state index >= 15 is 0 Å². The Balaban J connectivity index is 1.90. The summed E-state index contributed by atoms with van der Waals surface area (Å²) in [6.45, 7) is 0. The van der Waals surface area contributed by atoms with Crippen LogP contribution in [0.1, 0.15) is 11.1 Å². The molecule has 0 spiro atoms. The predicted octanol–water partition coefficient (Wildman–Crippen LogP) is 3.62. The number of carbonyl (C=O) groups excluding carboxylic acids is 2. The molecule has 178 valence electrons. The highest BCUT2D eigenvalue weighted by molar-refractivity contribution is 6.33. The number of carbonyl (C=O) groups is 2. The lowest BCUT2D eigenvalue weighted by Gasteiger charge is -2.12. The first kappa shape index (κ1) is 25.1. The molecule has 13 nitrogen and oxygen atoms in total. The molecular formula is C20H13Cl2N7O6. The molecule has 0 fully saturated rings. The molecular weight excluding hydrogens is 505 g/mol. The molecule has 0 aliphatic rings. The number of halogens is 2. The minimum atomic E-state index is -0.882. The number of hydrogen-bond donors (Lipinski definition) is 0. The van der Waals surface area contributed by atoms with E-state index in [1.54, 1.807) is 0 Å². The first-order valence-electron chi connectivity index (χ1n) is 9.43. The third-order valence-corrected chi connectivity index (χ3v) is 4.95. The number of imide groups is 1. The van der Waals surface area contributed by atoms with Crippen molar-refractivity contribution in [2.45, 2.75) is 0 Å². The van der Waals surface area contributed by atoms with Crippen LogP contribution in [0.2, 0.25) is 10.0 Å². The normalized spacial score (nSPS) is 11.2. The summed E-state index contributed by atoms with van der Waals surface area (Å²) in [5.41, 5.74) is -0.162. The lowest BCUT2D eigenvalue weighted by atomic mass is 10.1. The number of anilines is 1. The van der Waals surface area contributed by atoms with E-state index in [0.29, 0.717) is 4.90 Å². The summed E-state index contributed by atoms with van der Waals surface area (Å²) in [4.78, 5) is 48.1. The first-order chi connectivity index (χ1) is 16.6. The van der Waals surface area contributed by atoms with Gasteiger partial charge in [-0.1, -0.05) is 40.4 Å². The lowest BCUT2D eigenvalue weighted by molar-refractivity contribution is -0.384. The van der Waals surface area contributed by atoms with Gasteiger partial charge in [0.15, 0.2) is 0 Å². The van der Waals surface area contributed by atoms with Gasteiger partial charge in [-0.05, 0) is 40.6 Å². The fraction of sp³-hybridized carbons (Fsp3) is 0.0500. The van der Waals surface area contributed by atoms with Crippen molar-refractivity contribution in [2.24, 2.45) is 7.05 Å². The molecule has 15 heteroatoms. The Hall–Kier alpha value is -4.49. The summed E-state index contributed by atoms with van der Waals surface area (Å²) in [6.07, 6.45) is 4.47. The molecule has 2 aromatic carbocycles. The Labute approximate surface area is 206 Å². The van der Waals surface area contributed by atoms with Crippen molar-refractivity contribution in [1.82, 2.24) is 20.2 Å². The fourth-order valence-electron chi connectivity index (χ4n) is 2.70. The zero-order chi connectivity index (χ0) is 25.7. The zero-order valence-corrected chi connectivity index (χ0v) is 19.1. The number of aromatic nitrogens is 4. The summed E-state index contributed by atoms with van der Waals surface area (Å²) in [7, 11) is 1.43. The molecule has 0 aliphatic heterocycles. The number of nitrogens with zero attached hydrogens (tertiary/aromatic N) is 7. The highest BCUT2D eigenvalue weighted by Crippen LogP contribution is 2.26. The minimum Gasteiger partial charge on any atom is -0.269 e. The molecule has 0 N–H and O–H groups in total. The maximum absolute atomic E-state index is 12.9. The Morgan fingerprint density at radius 1 is 0.914 bits per heavy atom. The summed E-state index contributed by atoms with van der Waals surface area (Å²) in [5, 5.41) is 33.1. The van der Waals surface area contributed by atoms with E-state index < -0.39 is 21.7 Å². The van der Waals surface area contributed by atoms with Gasteiger partial charge in [0, 0.05) is 24.3 Å². The van der Waals surface area contributed by atoms with Crippen molar-refractivity contribution in [3.8, 4) is 0 Å². The lowest BCUT2D eigenvalue weighted by Crippen LogP contribution is -2.35.